The topological polar surface area (TPSA) is 84.9 Å². The molecule has 0 spiro atoms. The average Bonchev–Trinajstić information content (AvgIpc) is 2.73. The van der Waals surface area contributed by atoms with E-state index in [9.17, 15) is 22.0 Å². The molecule has 0 aliphatic carbocycles. The Hall–Kier alpha value is -2.98. The van der Waals surface area contributed by atoms with Crippen LogP contribution in [0.5, 0.6) is 11.5 Å². The summed E-state index contributed by atoms with van der Waals surface area (Å²) in [5.74, 6) is -0.318. The molecule has 7 nitrogen and oxygen atoms in total. The summed E-state index contributed by atoms with van der Waals surface area (Å²) in [4.78, 5) is 12.4. The minimum absolute atomic E-state index is 0.0863. The van der Waals surface area contributed by atoms with Crippen LogP contribution in [-0.2, 0) is 14.8 Å². The van der Waals surface area contributed by atoms with Gasteiger partial charge in [0, 0.05) is 20.2 Å². The lowest BCUT2D eigenvalue weighted by molar-refractivity contribution is -0.117. The number of nitrogens with zero attached hydrogens (tertiary/aromatic N) is 1. The number of benzene rings is 2. The lowest BCUT2D eigenvalue weighted by Gasteiger charge is -2.15. The van der Waals surface area contributed by atoms with Crippen LogP contribution in [0.25, 0.3) is 6.08 Å². The smallest absolute Gasteiger partial charge is 0.387 e. The summed E-state index contributed by atoms with van der Waals surface area (Å²) in [6, 6.07) is 10.3. The number of rotatable bonds is 10. The number of carbonyl (C=O) groups excluding carboxylic acids is 1. The Kier molecular flexibility index (Phi) is 8.73. The predicted molar refractivity (Wildman–Crippen MR) is 117 cm³/mol. The quantitative estimate of drug-likeness (QED) is 0.536. The van der Waals surface area contributed by atoms with Crippen molar-refractivity contribution in [2.75, 3.05) is 20.7 Å². The fraction of sp³-hybridized carbons (Fsp3) is 0.318. The monoisotopic (exact) mass is 468 g/mol. The van der Waals surface area contributed by atoms with Crippen molar-refractivity contribution in [2.24, 2.45) is 0 Å². The number of halogens is 2. The van der Waals surface area contributed by atoms with E-state index in [-0.39, 0.29) is 35.0 Å². The van der Waals surface area contributed by atoms with E-state index in [0.29, 0.717) is 5.56 Å². The molecule has 1 amide bonds. The molecule has 174 valence electrons. The Morgan fingerprint density at radius 2 is 1.78 bits per heavy atom. The van der Waals surface area contributed by atoms with Gasteiger partial charge in [-0.15, -0.1) is 0 Å². The van der Waals surface area contributed by atoms with Crippen LogP contribution in [-0.4, -0.2) is 45.9 Å². The second kappa shape index (κ2) is 11.1. The van der Waals surface area contributed by atoms with E-state index in [1.54, 1.807) is 26.0 Å². The first-order valence-electron chi connectivity index (χ1n) is 9.77. The second-order valence-electron chi connectivity index (χ2n) is 6.94. The highest BCUT2D eigenvalue weighted by atomic mass is 32.2. The minimum Gasteiger partial charge on any atom is -0.490 e. The van der Waals surface area contributed by atoms with E-state index in [4.69, 9.17) is 4.74 Å². The molecule has 0 aliphatic heterocycles. The number of nitrogens with one attached hydrogen (secondary N) is 1. The summed E-state index contributed by atoms with van der Waals surface area (Å²) in [5, 5.41) is 2.78. The van der Waals surface area contributed by atoms with Crippen LogP contribution in [0.15, 0.2) is 53.4 Å². The maximum absolute atomic E-state index is 12.5. The van der Waals surface area contributed by atoms with Crippen molar-refractivity contribution in [1.82, 2.24) is 9.62 Å². The zero-order valence-electron chi connectivity index (χ0n) is 18.2. The molecule has 0 heterocycles. The Morgan fingerprint density at radius 1 is 1.12 bits per heavy atom. The highest BCUT2D eigenvalue weighted by molar-refractivity contribution is 7.89. The van der Waals surface area contributed by atoms with Gasteiger partial charge in [0.25, 0.3) is 0 Å². The van der Waals surface area contributed by atoms with E-state index in [0.717, 1.165) is 9.87 Å². The molecule has 0 fully saturated rings. The largest absolute Gasteiger partial charge is 0.490 e. The highest BCUT2D eigenvalue weighted by Crippen LogP contribution is 2.30. The molecule has 0 aliphatic rings. The zero-order chi connectivity index (χ0) is 23.9. The van der Waals surface area contributed by atoms with Crippen LogP contribution in [0, 0.1) is 0 Å². The third-order valence-corrected chi connectivity index (χ3v) is 6.26. The van der Waals surface area contributed by atoms with Gasteiger partial charge in [-0.05, 0) is 55.3 Å². The number of sulfonamides is 1. The van der Waals surface area contributed by atoms with Gasteiger partial charge in [-0.2, -0.15) is 8.78 Å². The predicted octanol–water partition coefficient (Wildman–Crippen LogP) is 3.83. The molecule has 0 bridgehead atoms. The number of carbonyl (C=O) groups is 1. The molecule has 1 N–H and O–H groups in total. The first-order valence-corrected chi connectivity index (χ1v) is 11.2. The SMILES string of the molecule is CCOc1cc(C=CC(=O)NC(C)c2ccc(S(=O)(=O)N(C)C)cc2)ccc1OC(F)F. The molecule has 1 atom stereocenters. The van der Waals surface area contributed by atoms with Crippen LogP contribution < -0.4 is 14.8 Å². The fourth-order valence-electron chi connectivity index (χ4n) is 2.75. The van der Waals surface area contributed by atoms with Crippen LogP contribution >= 0.6 is 0 Å². The van der Waals surface area contributed by atoms with Crippen LogP contribution in [0.2, 0.25) is 0 Å². The first-order chi connectivity index (χ1) is 15.0. The Balaban J connectivity index is 2.06. The second-order valence-corrected chi connectivity index (χ2v) is 9.09. The standard InChI is InChI=1S/C22H26F2N2O5S/c1-5-30-20-14-16(6-12-19(20)31-22(23)24)7-13-21(27)25-15(2)17-8-10-18(11-9-17)32(28,29)26(3)4/h6-15,22H,5H2,1-4H3,(H,25,27). The average molecular weight is 469 g/mol. The number of amides is 1. The van der Waals surface area contributed by atoms with Gasteiger partial charge in [0.05, 0.1) is 17.5 Å². The molecule has 2 rings (SSSR count). The van der Waals surface area contributed by atoms with Gasteiger partial charge in [-0.25, -0.2) is 12.7 Å². The molecule has 2 aromatic rings. The molecule has 0 aromatic heterocycles. The van der Waals surface area contributed by atoms with Gasteiger partial charge < -0.3 is 14.8 Å². The van der Waals surface area contributed by atoms with E-state index in [2.05, 4.69) is 10.1 Å². The molecule has 2 aromatic carbocycles. The Morgan fingerprint density at radius 3 is 2.34 bits per heavy atom. The lowest BCUT2D eigenvalue weighted by Crippen LogP contribution is -2.25. The molecule has 0 saturated heterocycles. The lowest BCUT2D eigenvalue weighted by atomic mass is 10.1. The third kappa shape index (κ3) is 6.76. The van der Waals surface area contributed by atoms with Gasteiger partial charge in [-0.1, -0.05) is 18.2 Å². The summed E-state index contributed by atoms with van der Waals surface area (Å²) >= 11 is 0. The molecule has 1 unspecified atom stereocenters. The van der Waals surface area contributed by atoms with Crippen molar-refractivity contribution in [1.29, 1.82) is 0 Å². The number of hydrogen-bond donors (Lipinski definition) is 1. The van der Waals surface area contributed by atoms with Crippen LogP contribution in [0.1, 0.15) is 31.0 Å². The fourth-order valence-corrected chi connectivity index (χ4v) is 3.65. The molecule has 32 heavy (non-hydrogen) atoms. The maximum Gasteiger partial charge on any atom is 0.387 e. The number of hydrogen-bond acceptors (Lipinski definition) is 5. The summed E-state index contributed by atoms with van der Waals surface area (Å²) in [7, 11) is -0.618. The van der Waals surface area contributed by atoms with E-state index in [1.807, 2.05) is 0 Å². The normalized spacial score (nSPS) is 12.9. The van der Waals surface area contributed by atoms with Crippen molar-refractivity contribution in [3.05, 3.63) is 59.7 Å². The van der Waals surface area contributed by atoms with Crippen LogP contribution in [0.4, 0.5) is 8.78 Å². The van der Waals surface area contributed by atoms with E-state index < -0.39 is 16.6 Å². The summed E-state index contributed by atoms with van der Waals surface area (Å²) < 4.78 is 60.1. The molecular formula is C22H26F2N2O5S. The van der Waals surface area contributed by atoms with Gasteiger partial charge in [-0.3, -0.25) is 4.79 Å². The highest BCUT2D eigenvalue weighted by Gasteiger charge is 2.17. The van der Waals surface area contributed by atoms with Gasteiger partial charge in [0.2, 0.25) is 15.9 Å². The minimum atomic E-state index is -3.53. The van der Waals surface area contributed by atoms with Gasteiger partial charge >= 0.3 is 6.61 Å². The van der Waals surface area contributed by atoms with Crippen molar-refractivity contribution in [3.8, 4) is 11.5 Å². The molecule has 10 heteroatoms. The van der Waals surface area contributed by atoms with E-state index >= 15 is 0 Å². The Bertz CT molecular complexity index is 1050. The molecule has 0 saturated carbocycles. The van der Waals surface area contributed by atoms with Crippen LogP contribution in [0.3, 0.4) is 0 Å². The zero-order valence-corrected chi connectivity index (χ0v) is 19.0. The van der Waals surface area contributed by atoms with Crippen molar-refractivity contribution in [3.63, 3.8) is 0 Å². The third-order valence-electron chi connectivity index (χ3n) is 4.43. The van der Waals surface area contributed by atoms with Crippen molar-refractivity contribution >= 4 is 22.0 Å². The van der Waals surface area contributed by atoms with Gasteiger partial charge in [0.1, 0.15) is 0 Å². The Labute approximate surface area is 186 Å². The van der Waals surface area contributed by atoms with Crippen molar-refractivity contribution < 1.29 is 31.5 Å². The summed E-state index contributed by atoms with van der Waals surface area (Å²) in [6.07, 6.45) is 2.82. The number of alkyl halides is 2. The summed E-state index contributed by atoms with van der Waals surface area (Å²) in [6.45, 7) is 0.774. The van der Waals surface area contributed by atoms with Gasteiger partial charge in [0.15, 0.2) is 11.5 Å². The molecular weight excluding hydrogens is 442 g/mol. The first kappa shape index (κ1) is 25.3. The summed E-state index contributed by atoms with van der Waals surface area (Å²) in [5.41, 5.74) is 1.30. The van der Waals surface area contributed by atoms with E-state index in [1.165, 1.54) is 56.6 Å². The van der Waals surface area contributed by atoms with Crippen molar-refractivity contribution in [2.45, 2.75) is 31.4 Å². The number of ether oxygens (including phenoxy) is 2. The molecule has 0 radical (unpaired) electrons. The maximum atomic E-state index is 12.5.